The number of carboxylic acid groups (broad SMARTS) is 1. The van der Waals surface area contributed by atoms with Gasteiger partial charge in [-0.2, -0.15) is 0 Å². The van der Waals surface area contributed by atoms with Crippen molar-refractivity contribution < 1.29 is 14.6 Å². The highest BCUT2D eigenvalue weighted by molar-refractivity contribution is 5.87. The lowest BCUT2D eigenvalue weighted by atomic mass is 10.1. The molecule has 0 bridgehead atoms. The Balaban J connectivity index is 2.11. The van der Waals surface area contributed by atoms with Gasteiger partial charge in [0.05, 0.1) is 17.9 Å². The molecule has 0 aromatic carbocycles. The third kappa shape index (κ3) is 6.88. The largest absolute Gasteiger partial charge is 0.478 e. The summed E-state index contributed by atoms with van der Waals surface area (Å²) in [6, 6.07) is 3.28. The Morgan fingerprint density at radius 2 is 2.21 bits per heavy atom. The van der Waals surface area contributed by atoms with Crippen molar-refractivity contribution in [2.75, 3.05) is 19.8 Å². The van der Waals surface area contributed by atoms with Crippen LogP contribution in [0.2, 0.25) is 0 Å². The van der Waals surface area contributed by atoms with Gasteiger partial charge >= 0.3 is 5.97 Å². The highest BCUT2D eigenvalue weighted by atomic mass is 16.5. The number of pyridine rings is 1. The van der Waals surface area contributed by atoms with E-state index in [-0.39, 0.29) is 5.56 Å². The molecule has 0 saturated carbocycles. The molecule has 5 heteroatoms. The Morgan fingerprint density at radius 3 is 2.79 bits per heavy atom. The predicted octanol–water partition coefficient (Wildman–Crippen LogP) is 1.93. The molecule has 0 aliphatic heterocycles. The van der Waals surface area contributed by atoms with Crippen molar-refractivity contribution in [1.29, 1.82) is 0 Å². The van der Waals surface area contributed by atoms with Crippen LogP contribution in [0.1, 0.15) is 36.3 Å². The van der Waals surface area contributed by atoms with Gasteiger partial charge in [0.15, 0.2) is 0 Å². The minimum absolute atomic E-state index is 0.209. The number of carboxylic acids is 1. The van der Waals surface area contributed by atoms with Gasteiger partial charge in [0.1, 0.15) is 0 Å². The lowest BCUT2D eigenvalue weighted by Crippen LogP contribution is -2.20. The fraction of sp³-hybridized carbons (Fsp3) is 0.571. The van der Waals surface area contributed by atoms with E-state index in [2.05, 4.69) is 24.1 Å². The molecule has 19 heavy (non-hydrogen) atoms. The monoisotopic (exact) mass is 266 g/mol. The van der Waals surface area contributed by atoms with Crippen molar-refractivity contribution >= 4 is 5.97 Å². The maximum Gasteiger partial charge on any atom is 0.337 e. The van der Waals surface area contributed by atoms with Gasteiger partial charge in [0.2, 0.25) is 0 Å². The van der Waals surface area contributed by atoms with Crippen LogP contribution in [-0.4, -0.2) is 35.8 Å². The van der Waals surface area contributed by atoms with Gasteiger partial charge in [-0.1, -0.05) is 13.8 Å². The number of carbonyl (C=O) groups is 1. The normalized spacial score (nSPS) is 10.9. The van der Waals surface area contributed by atoms with E-state index in [1.807, 2.05) is 0 Å². The molecule has 0 aliphatic rings. The van der Waals surface area contributed by atoms with Gasteiger partial charge in [0.25, 0.3) is 0 Å². The van der Waals surface area contributed by atoms with Crippen LogP contribution in [0.15, 0.2) is 18.3 Å². The number of nitrogens with zero attached hydrogens (tertiary/aromatic N) is 1. The van der Waals surface area contributed by atoms with E-state index in [4.69, 9.17) is 9.84 Å². The highest BCUT2D eigenvalue weighted by Crippen LogP contribution is 2.00. The molecule has 106 valence electrons. The SMILES string of the molecule is CC(C)CCOCCNCc1ccc(C(=O)O)cn1. The summed E-state index contributed by atoms with van der Waals surface area (Å²) in [4.78, 5) is 14.7. The number of nitrogens with one attached hydrogen (secondary N) is 1. The van der Waals surface area contributed by atoms with Crippen molar-refractivity contribution in [3.63, 3.8) is 0 Å². The fourth-order valence-corrected chi connectivity index (χ4v) is 1.44. The summed E-state index contributed by atoms with van der Waals surface area (Å²) in [6.07, 6.45) is 2.46. The lowest BCUT2D eigenvalue weighted by Gasteiger charge is -2.07. The average Bonchev–Trinajstić information content (AvgIpc) is 2.38. The van der Waals surface area contributed by atoms with Crippen molar-refractivity contribution in [2.45, 2.75) is 26.8 Å². The quantitative estimate of drug-likeness (QED) is 0.668. The van der Waals surface area contributed by atoms with Crippen molar-refractivity contribution in [3.8, 4) is 0 Å². The van der Waals surface area contributed by atoms with Gasteiger partial charge in [-0.05, 0) is 24.5 Å². The van der Waals surface area contributed by atoms with Gasteiger partial charge in [-0.25, -0.2) is 4.79 Å². The zero-order chi connectivity index (χ0) is 14.1. The maximum absolute atomic E-state index is 10.6. The molecule has 0 unspecified atom stereocenters. The summed E-state index contributed by atoms with van der Waals surface area (Å²) >= 11 is 0. The molecular weight excluding hydrogens is 244 g/mol. The number of ether oxygens (including phenoxy) is 1. The maximum atomic E-state index is 10.6. The molecule has 0 fully saturated rings. The molecule has 5 nitrogen and oxygen atoms in total. The number of aromatic nitrogens is 1. The standard InChI is InChI=1S/C14H22N2O3/c1-11(2)5-7-19-8-6-15-10-13-4-3-12(9-16-13)14(17)18/h3-4,9,11,15H,5-8,10H2,1-2H3,(H,17,18). The summed E-state index contributed by atoms with van der Waals surface area (Å²) in [6.45, 7) is 7.21. The second kappa shape index (κ2) is 8.61. The summed E-state index contributed by atoms with van der Waals surface area (Å²) in [5, 5.41) is 11.9. The average molecular weight is 266 g/mol. The topological polar surface area (TPSA) is 71.5 Å². The Kier molecular flexibility index (Phi) is 7.07. The molecular formula is C14H22N2O3. The molecule has 1 aromatic rings. The van der Waals surface area contributed by atoms with E-state index < -0.39 is 5.97 Å². The molecule has 2 N–H and O–H groups in total. The van der Waals surface area contributed by atoms with Crippen LogP contribution in [0.25, 0.3) is 0 Å². The first-order chi connectivity index (χ1) is 9.09. The van der Waals surface area contributed by atoms with Crippen LogP contribution in [0.5, 0.6) is 0 Å². The zero-order valence-corrected chi connectivity index (χ0v) is 11.6. The summed E-state index contributed by atoms with van der Waals surface area (Å²) < 4.78 is 5.47. The van der Waals surface area contributed by atoms with Crippen molar-refractivity contribution in [3.05, 3.63) is 29.6 Å². The molecule has 0 amide bonds. The first-order valence-electron chi connectivity index (χ1n) is 6.56. The Morgan fingerprint density at radius 1 is 1.42 bits per heavy atom. The highest BCUT2D eigenvalue weighted by Gasteiger charge is 2.02. The minimum atomic E-state index is -0.953. The number of aromatic carboxylic acids is 1. The van der Waals surface area contributed by atoms with Crippen molar-refractivity contribution in [2.24, 2.45) is 5.92 Å². The summed E-state index contributed by atoms with van der Waals surface area (Å²) in [7, 11) is 0. The molecule has 0 aliphatic carbocycles. The Labute approximate surface area is 114 Å². The molecule has 1 aromatic heterocycles. The lowest BCUT2D eigenvalue weighted by molar-refractivity contribution is 0.0696. The smallest absolute Gasteiger partial charge is 0.337 e. The Bertz CT molecular complexity index is 377. The first kappa shape index (κ1) is 15.6. The van der Waals surface area contributed by atoms with Gasteiger partial charge < -0.3 is 15.2 Å². The number of hydrogen-bond donors (Lipinski definition) is 2. The molecule has 0 radical (unpaired) electrons. The molecule has 0 saturated heterocycles. The predicted molar refractivity (Wildman–Crippen MR) is 73.2 cm³/mol. The molecule has 0 spiro atoms. The fourth-order valence-electron chi connectivity index (χ4n) is 1.44. The van der Waals surface area contributed by atoms with E-state index in [0.29, 0.717) is 19.1 Å². The molecule has 0 atom stereocenters. The van der Waals surface area contributed by atoms with E-state index in [0.717, 1.165) is 25.3 Å². The number of hydrogen-bond acceptors (Lipinski definition) is 4. The van der Waals surface area contributed by atoms with Crippen LogP contribution < -0.4 is 5.32 Å². The van der Waals surface area contributed by atoms with E-state index in [1.165, 1.54) is 6.20 Å². The number of rotatable bonds is 9. The minimum Gasteiger partial charge on any atom is -0.478 e. The van der Waals surface area contributed by atoms with E-state index in [9.17, 15) is 4.79 Å². The van der Waals surface area contributed by atoms with E-state index >= 15 is 0 Å². The third-order valence-electron chi connectivity index (χ3n) is 2.64. The second-order valence-corrected chi connectivity index (χ2v) is 4.82. The summed E-state index contributed by atoms with van der Waals surface area (Å²) in [5.74, 6) is -0.282. The third-order valence-corrected chi connectivity index (χ3v) is 2.64. The second-order valence-electron chi connectivity index (χ2n) is 4.82. The van der Waals surface area contributed by atoms with Crippen LogP contribution >= 0.6 is 0 Å². The molecule has 1 heterocycles. The van der Waals surface area contributed by atoms with Gasteiger partial charge in [-0.15, -0.1) is 0 Å². The summed E-state index contributed by atoms with van der Waals surface area (Å²) in [5.41, 5.74) is 1.04. The van der Waals surface area contributed by atoms with Gasteiger partial charge in [0, 0.05) is 25.9 Å². The van der Waals surface area contributed by atoms with Crippen LogP contribution in [0.4, 0.5) is 0 Å². The van der Waals surface area contributed by atoms with Crippen LogP contribution in [0, 0.1) is 5.92 Å². The molecule has 1 rings (SSSR count). The van der Waals surface area contributed by atoms with Crippen LogP contribution in [-0.2, 0) is 11.3 Å². The van der Waals surface area contributed by atoms with Crippen molar-refractivity contribution in [1.82, 2.24) is 10.3 Å². The van der Waals surface area contributed by atoms with Gasteiger partial charge in [-0.3, -0.25) is 4.98 Å². The van der Waals surface area contributed by atoms with E-state index in [1.54, 1.807) is 12.1 Å². The Hall–Kier alpha value is -1.46. The zero-order valence-electron chi connectivity index (χ0n) is 11.6. The van der Waals surface area contributed by atoms with Crippen LogP contribution in [0.3, 0.4) is 0 Å². The first-order valence-corrected chi connectivity index (χ1v) is 6.56.